The van der Waals surface area contributed by atoms with E-state index in [9.17, 15) is 19.3 Å². The van der Waals surface area contributed by atoms with Gasteiger partial charge in [0.05, 0.1) is 5.56 Å². The van der Waals surface area contributed by atoms with Crippen molar-refractivity contribution in [2.75, 3.05) is 26.2 Å². The second-order valence-corrected chi connectivity index (χ2v) is 6.69. The highest BCUT2D eigenvalue weighted by Gasteiger charge is 2.32. The lowest BCUT2D eigenvalue weighted by Gasteiger charge is -2.27. The Hall–Kier alpha value is -3.13. The van der Waals surface area contributed by atoms with Crippen molar-refractivity contribution in [2.24, 2.45) is 5.18 Å². The molecule has 8 heteroatoms. The molecule has 2 N–H and O–H groups in total. The first kappa shape index (κ1) is 19.6. The second-order valence-electron chi connectivity index (χ2n) is 6.69. The van der Waals surface area contributed by atoms with Gasteiger partial charge in [0, 0.05) is 31.0 Å². The van der Waals surface area contributed by atoms with E-state index >= 15 is 0 Å². The minimum atomic E-state index is -0.398. The van der Waals surface area contributed by atoms with Crippen LogP contribution in [-0.2, 0) is 4.79 Å². The Balaban J connectivity index is 1.63. The number of nitroso groups, excluding NO2 is 1. The summed E-state index contributed by atoms with van der Waals surface area (Å²) in [6.07, 6.45) is 1.41. The molecule has 28 heavy (non-hydrogen) atoms. The van der Waals surface area contributed by atoms with Gasteiger partial charge in [-0.15, -0.1) is 4.91 Å². The number of nitrogens with zero attached hydrogens (tertiary/aromatic N) is 2. The molecule has 1 aliphatic rings. The van der Waals surface area contributed by atoms with Gasteiger partial charge in [-0.1, -0.05) is 12.1 Å². The molecule has 3 amide bonds. The number of amides is 3. The zero-order chi connectivity index (χ0) is 20.1. The maximum absolute atomic E-state index is 12.9. The van der Waals surface area contributed by atoms with Gasteiger partial charge in [0.1, 0.15) is 5.69 Å². The van der Waals surface area contributed by atoms with Gasteiger partial charge in [0.15, 0.2) is 0 Å². The first-order valence-electron chi connectivity index (χ1n) is 9.24. The number of rotatable bonds is 9. The molecule has 0 saturated heterocycles. The molecule has 8 nitrogen and oxygen atoms in total. The Morgan fingerprint density at radius 3 is 2.54 bits per heavy atom. The third kappa shape index (κ3) is 4.07. The fourth-order valence-electron chi connectivity index (χ4n) is 3.36. The van der Waals surface area contributed by atoms with Crippen LogP contribution in [0.3, 0.4) is 0 Å². The number of benzene rings is 2. The lowest BCUT2D eigenvalue weighted by atomic mass is 9.93. The van der Waals surface area contributed by atoms with Crippen LogP contribution in [0.4, 0.5) is 5.69 Å². The molecule has 3 rings (SSSR count). The topological polar surface area (TPSA) is 108 Å². The predicted molar refractivity (Wildman–Crippen MR) is 106 cm³/mol. The van der Waals surface area contributed by atoms with Gasteiger partial charge in [-0.25, -0.2) is 0 Å². The average Bonchev–Trinajstić information content (AvgIpc) is 2.69. The van der Waals surface area contributed by atoms with E-state index in [2.05, 4.69) is 15.8 Å². The molecule has 0 unspecified atom stereocenters. The fourth-order valence-corrected chi connectivity index (χ4v) is 3.36. The van der Waals surface area contributed by atoms with E-state index in [-0.39, 0.29) is 24.0 Å². The van der Waals surface area contributed by atoms with Crippen molar-refractivity contribution in [3.8, 4) is 0 Å². The Kier molecular flexibility index (Phi) is 6.10. The number of carbonyl (C=O) groups excluding carboxylic acids is 3. The highest BCUT2D eigenvalue weighted by atomic mass is 16.3. The minimum Gasteiger partial charge on any atom is -0.356 e. The minimum absolute atomic E-state index is 0.0506. The van der Waals surface area contributed by atoms with Crippen molar-refractivity contribution < 1.29 is 14.4 Å². The Labute approximate surface area is 162 Å². The molecular formula is C20H22N4O4. The standard InChI is InChI=1S/C20H22N4O4/c1-13(25)22-9-3-7-21-8-4-10-24-19(26)16-6-2-5-14-11-15(23-28)12-17(18(14)16)20(24)27/h2,5-6,11-12,21H,3-4,7-10H2,1H3,(H,22,25). The van der Waals surface area contributed by atoms with E-state index in [0.29, 0.717) is 41.4 Å². The summed E-state index contributed by atoms with van der Waals surface area (Å²) >= 11 is 0. The van der Waals surface area contributed by atoms with Gasteiger partial charge < -0.3 is 10.6 Å². The van der Waals surface area contributed by atoms with E-state index in [4.69, 9.17) is 0 Å². The SMILES string of the molecule is CC(=O)NCCCNCCCN1C(=O)c2cccc3cc(N=O)cc(c23)C1=O. The van der Waals surface area contributed by atoms with Crippen LogP contribution in [0.25, 0.3) is 10.8 Å². The maximum Gasteiger partial charge on any atom is 0.261 e. The number of hydrogen-bond donors (Lipinski definition) is 2. The van der Waals surface area contributed by atoms with Crippen LogP contribution in [0.5, 0.6) is 0 Å². The zero-order valence-electron chi connectivity index (χ0n) is 15.7. The van der Waals surface area contributed by atoms with Crippen molar-refractivity contribution in [3.05, 3.63) is 46.4 Å². The molecule has 1 heterocycles. The largest absolute Gasteiger partial charge is 0.356 e. The molecule has 0 saturated carbocycles. The maximum atomic E-state index is 12.9. The van der Waals surface area contributed by atoms with Gasteiger partial charge >= 0.3 is 0 Å². The number of imide groups is 1. The van der Waals surface area contributed by atoms with Crippen molar-refractivity contribution in [2.45, 2.75) is 19.8 Å². The molecule has 2 aromatic carbocycles. The van der Waals surface area contributed by atoms with Gasteiger partial charge in [-0.05, 0) is 54.7 Å². The van der Waals surface area contributed by atoms with Crippen molar-refractivity contribution in [1.82, 2.24) is 15.5 Å². The molecule has 0 atom stereocenters. The first-order valence-corrected chi connectivity index (χ1v) is 9.24. The molecule has 2 aromatic rings. The first-order chi connectivity index (χ1) is 13.5. The highest BCUT2D eigenvalue weighted by molar-refractivity contribution is 6.25. The molecule has 0 bridgehead atoms. The molecular weight excluding hydrogens is 360 g/mol. The lowest BCUT2D eigenvalue weighted by molar-refractivity contribution is -0.118. The highest BCUT2D eigenvalue weighted by Crippen LogP contribution is 2.33. The smallest absolute Gasteiger partial charge is 0.261 e. The molecule has 146 valence electrons. The number of carbonyl (C=O) groups is 3. The van der Waals surface area contributed by atoms with Crippen molar-refractivity contribution in [3.63, 3.8) is 0 Å². The summed E-state index contributed by atoms with van der Waals surface area (Å²) in [4.78, 5) is 48.6. The van der Waals surface area contributed by atoms with Crippen LogP contribution in [-0.4, -0.2) is 48.8 Å². The summed E-state index contributed by atoms with van der Waals surface area (Å²) in [7, 11) is 0. The number of nitrogens with one attached hydrogen (secondary N) is 2. The Morgan fingerprint density at radius 1 is 1.04 bits per heavy atom. The third-order valence-corrected chi connectivity index (χ3v) is 4.66. The van der Waals surface area contributed by atoms with Crippen LogP contribution in [0.2, 0.25) is 0 Å². The zero-order valence-corrected chi connectivity index (χ0v) is 15.7. The molecule has 0 aliphatic carbocycles. The van der Waals surface area contributed by atoms with Crippen LogP contribution in [0.15, 0.2) is 35.5 Å². The normalized spacial score (nSPS) is 13.1. The Morgan fingerprint density at radius 2 is 1.79 bits per heavy atom. The second kappa shape index (κ2) is 8.71. The average molecular weight is 382 g/mol. The summed E-state index contributed by atoms with van der Waals surface area (Å²) in [6, 6.07) is 8.22. The lowest BCUT2D eigenvalue weighted by Crippen LogP contribution is -2.41. The number of hydrogen-bond acceptors (Lipinski definition) is 6. The van der Waals surface area contributed by atoms with Gasteiger partial charge in [0.2, 0.25) is 5.91 Å². The predicted octanol–water partition coefficient (Wildman–Crippen LogP) is 2.34. The van der Waals surface area contributed by atoms with E-state index in [0.717, 1.165) is 13.0 Å². The van der Waals surface area contributed by atoms with Crippen LogP contribution in [0, 0.1) is 4.91 Å². The van der Waals surface area contributed by atoms with E-state index in [1.54, 1.807) is 24.3 Å². The molecule has 0 radical (unpaired) electrons. The molecule has 1 aliphatic heterocycles. The summed E-state index contributed by atoms with van der Waals surface area (Å²) < 4.78 is 0. The van der Waals surface area contributed by atoms with Gasteiger partial charge in [-0.2, -0.15) is 0 Å². The summed E-state index contributed by atoms with van der Waals surface area (Å²) in [6.45, 7) is 3.75. The van der Waals surface area contributed by atoms with Gasteiger partial charge in [-0.3, -0.25) is 19.3 Å². The van der Waals surface area contributed by atoms with Crippen LogP contribution >= 0.6 is 0 Å². The van der Waals surface area contributed by atoms with E-state index < -0.39 is 5.91 Å². The summed E-state index contributed by atoms with van der Waals surface area (Å²) in [5.74, 6) is -0.768. The van der Waals surface area contributed by atoms with E-state index in [1.807, 2.05) is 0 Å². The monoisotopic (exact) mass is 382 g/mol. The molecule has 0 aromatic heterocycles. The summed E-state index contributed by atoms with van der Waals surface area (Å²) in [5.41, 5.74) is 0.974. The van der Waals surface area contributed by atoms with Crippen molar-refractivity contribution >= 4 is 34.2 Å². The Bertz CT molecular complexity index is 941. The summed E-state index contributed by atoms with van der Waals surface area (Å²) in [5, 5.41) is 10.1. The quantitative estimate of drug-likeness (QED) is 0.393. The van der Waals surface area contributed by atoms with Crippen LogP contribution in [0.1, 0.15) is 40.5 Å². The molecule has 0 spiro atoms. The fraction of sp³-hybridized carbons (Fsp3) is 0.350. The van der Waals surface area contributed by atoms with Gasteiger partial charge in [0.25, 0.3) is 11.8 Å². The molecule has 0 fully saturated rings. The van der Waals surface area contributed by atoms with Crippen LogP contribution < -0.4 is 10.6 Å². The van der Waals surface area contributed by atoms with E-state index in [1.165, 1.54) is 17.9 Å². The third-order valence-electron chi connectivity index (χ3n) is 4.66. The van der Waals surface area contributed by atoms with Crippen molar-refractivity contribution in [1.29, 1.82) is 0 Å².